The van der Waals surface area contributed by atoms with Gasteiger partial charge < -0.3 is 10.2 Å². The van der Waals surface area contributed by atoms with Gasteiger partial charge in [-0.15, -0.1) is 0 Å². The summed E-state index contributed by atoms with van der Waals surface area (Å²) in [4.78, 5) is 0. The van der Waals surface area contributed by atoms with Gasteiger partial charge in [0, 0.05) is 0 Å². The monoisotopic (exact) mass is 262 g/mol. The first kappa shape index (κ1) is 11.6. The highest BCUT2D eigenvalue weighted by Crippen LogP contribution is 2.36. The number of benzene rings is 3. The lowest BCUT2D eigenvalue weighted by atomic mass is 9.87. The van der Waals surface area contributed by atoms with E-state index in [0.29, 0.717) is 0 Å². The fourth-order valence-electron chi connectivity index (χ4n) is 3.01. The lowest BCUT2D eigenvalue weighted by Gasteiger charge is -2.23. The molecule has 20 heavy (non-hydrogen) atoms. The van der Waals surface area contributed by atoms with E-state index in [2.05, 4.69) is 30.3 Å². The lowest BCUT2D eigenvalue weighted by molar-refractivity contribution is 0.0480. The molecule has 2 atom stereocenters. The van der Waals surface area contributed by atoms with Crippen LogP contribution in [-0.4, -0.2) is 16.3 Å². The van der Waals surface area contributed by atoms with Crippen LogP contribution in [0, 0.1) is 0 Å². The third kappa shape index (κ3) is 1.59. The zero-order valence-electron chi connectivity index (χ0n) is 10.8. The van der Waals surface area contributed by atoms with Gasteiger partial charge in [-0.3, -0.25) is 0 Å². The molecule has 0 spiro atoms. The Bertz CT molecular complexity index is 849. The summed E-state index contributed by atoms with van der Waals surface area (Å²) in [6.07, 6.45) is 1.82. The molecule has 0 heterocycles. The predicted octanol–water partition coefficient (Wildman–Crippen LogP) is 3.41. The average Bonchev–Trinajstić information content (AvgIpc) is 2.48. The Morgan fingerprint density at radius 3 is 2.35 bits per heavy atom. The molecule has 4 rings (SSSR count). The van der Waals surface area contributed by atoms with E-state index in [9.17, 15) is 10.2 Å². The molecule has 2 N–H and O–H groups in total. The molecular formula is C18H14O2. The van der Waals surface area contributed by atoms with Crippen molar-refractivity contribution in [2.24, 2.45) is 0 Å². The van der Waals surface area contributed by atoms with Crippen molar-refractivity contribution in [3.63, 3.8) is 0 Å². The number of aliphatic hydroxyl groups is 2. The zero-order chi connectivity index (χ0) is 13.7. The second kappa shape index (κ2) is 4.17. The fourth-order valence-corrected chi connectivity index (χ4v) is 3.01. The maximum atomic E-state index is 10.3. The average molecular weight is 262 g/mol. The van der Waals surface area contributed by atoms with Crippen molar-refractivity contribution in [3.05, 3.63) is 65.7 Å². The number of aliphatic hydroxyl groups excluding tert-OH is 2. The van der Waals surface area contributed by atoms with Crippen LogP contribution in [0.1, 0.15) is 17.2 Å². The van der Waals surface area contributed by atoms with E-state index in [-0.39, 0.29) is 0 Å². The van der Waals surface area contributed by atoms with Crippen LogP contribution in [0.4, 0.5) is 0 Å². The summed E-state index contributed by atoms with van der Waals surface area (Å²) in [5, 5.41) is 24.6. The van der Waals surface area contributed by atoms with E-state index in [1.165, 1.54) is 5.39 Å². The summed E-state index contributed by atoms with van der Waals surface area (Å²) in [7, 11) is 0. The van der Waals surface area contributed by atoms with Gasteiger partial charge in [0.05, 0.1) is 0 Å². The Morgan fingerprint density at radius 2 is 1.55 bits per heavy atom. The van der Waals surface area contributed by atoms with Crippen molar-refractivity contribution in [1.82, 2.24) is 0 Å². The zero-order valence-corrected chi connectivity index (χ0v) is 10.8. The minimum atomic E-state index is -0.861. The van der Waals surface area contributed by atoms with Gasteiger partial charge in [0.2, 0.25) is 0 Å². The minimum absolute atomic E-state index is 0.822. The van der Waals surface area contributed by atoms with Crippen LogP contribution in [-0.2, 0) is 0 Å². The van der Waals surface area contributed by atoms with Crippen molar-refractivity contribution < 1.29 is 10.2 Å². The Labute approximate surface area is 116 Å². The Hall–Kier alpha value is -2.16. The molecule has 0 bridgehead atoms. The van der Waals surface area contributed by atoms with E-state index in [1.807, 2.05) is 24.3 Å². The maximum absolute atomic E-state index is 10.3. The second-order valence-corrected chi connectivity index (χ2v) is 5.28. The van der Waals surface area contributed by atoms with Crippen molar-refractivity contribution in [3.8, 4) is 0 Å². The molecule has 2 heteroatoms. The summed E-state index contributed by atoms with van der Waals surface area (Å²) < 4.78 is 0. The Balaban J connectivity index is 2.12. The van der Waals surface area contributed by atoms with Gasteiger partial charge in [0.1, 0.15) is 12.2 Å². The van der Waals surface area contributed by atoms with Gasteiger partial charge in [-0.05, 0) is 44.8 Å². The molecule has 0 radical (unpaired) electrons. The lowest BCUT2D eigenvalue weighted by Crippen LogP contribution is -2.19. The molecule has 0 fully saturated rings. The summed E-state index contributed by atoms with van der Waals surface area (Å²) in [6, 6.07) is 16.5. The summed E-state index contributed by atoms with van der Waals surface area (Å²) >= 11 is 0. The number of rotatable bonds is 0. The van der Waals surface area contributed by atoms with Crippen molar-refractivity contribution >= 4 is 27.6 Å². The molecule has 0 aliphatic heterocycles. The van der Waals surface area contributed by atoms with Crippen molar-refractivity contribution in [2.45, 2.75) is 12.2 Å². The van der Waals surface area contributed by atoms with Crippen LogP contribution in [0.5, 0.6) is 0 Å². The van der Waals surface area contributed by atoms with E-state index >= 15 is 0 Å². The van der Waals surface area contributed by atoms with Gasteiger partial charge in [0.25, 0.3) is 0 Å². The first-order chi connectivity index (χ1) is 9.74. The van der Waals surface area contributed by atoms with Crippen LogP contribution in [0.2, 0.25) is 0 Å². The number of fused-ring (bicyclic) bond motifs is 4. The molecule has 0 amide bonds. The topological polar surface area (TPSA) is 40.5 Å². The van der Waals surface area contributed by atoms with Gasteiger partial charge in [-0.25, -0.2) is 0 Å². The highest BCUT2D eigenvalue weighted by Gasteiger charge is 2.24. The minimum Gasteiger partial charge on any atom is -0.386 e. The number of hydrogen-bond donors (Lipinski definition) is 2. The molecule has 2 nitrogen and oxygen atoms in total. The standard InChI is InChI=1S/C18H14O2/c19-16-8-7-11-5-6-14-9-12-3-1-2-4-13(12)10-15(14)17(11)18(16)20/h1-10,16,18-20H. The van der Waals surface area contributed by atoms with Gasteiger partial charge in [-0.2, -0.15) is 0 Å². The number of hydrogen-bond acceptors (Lipinski definition) is 2. The molecule has 98 valence electrons. The molecule has 0 saturated carbocycles. The first-order valence-electron chi connectivity index (χ1n) is 6.74. The molecule has 2 unspecified atom stereocenters. The summed E-state index contributed by atoms with van der Waals surface area (Å²) in [5.41, 5.74) is 1.80. The highest BCUT2D eigenvalue weighted by molar-refractivity contribution is 6.01. The van der Waals surface area contributed by atoms with Crippen LogP contribution < -0.4 is 0 Å². The predicted molar refractivity (Wildman–Crippen MR) is 81.5 cm³/mol. The quantitative estimate of drug-likeness (QED) is 0.609. The summed E-state index contributed by atoms with van der Waals surface area (Å²) in [6.45, 7) is 0. The largest absolute Gasteiger partial charge is 0.386 e. The van der Waals surface area contributed by atoms with E-state index in [0.717, 1.165) is 27.3 Å². The van der Waals surface area contributed by atoms with Crippen LogP contribution in [0.15, 0.2) is 54.6 Å². The molecule has 3 aromatic carbocycles. The van der Waals surface area contributed by atoms with Crippen LogP contribution >= 0.6 is 0 Å². The van der Waals surface area contributed by atoms with Crippen LogP contribution in [0.3, 0.4) is 0 Å². The Kier molecular flexibility index (Phi) is 2.43. The van der Waals surface area contributed by atoms with Crippen molar-refractivity contribution in [1.29, 1.82) is 0 Å². The third-order valence-corrected chi connectivity index (χ3v) is 4.05. The van der Waals surface area contributed by atoms with Gasteiger partial charge in [-0.1, -0.05) is 48.6 Å². The van der Waals surface area contributed by atoms with E-state index in [1.54, 1.807) is 6.08 Å². The highest BCUT2D eigenvalue weighted by atomic mass is 16.3. The molecule has 1 aliphatic rings. The molecule has 0 saturated heterocycles. The third-order valence-electron chi connectivity index (χ3n) is 4.05. The van der Waals surface area contributed by atoms with Gasteiger partial charge >= 0.3 is 0 Å². The van der Waals surface area contributed by atoms with Crippen molar-refractivity contribution in [2.75, 3.05) is 0 Å². The molecule has 0 aromatic heterocycles. The first-order valence-corrected chi connectivity index (χ1v) is 6.74. The molecule has 3 aromatic rings. The SMILES string of the molecule is OC1C=Cc2ccc3cc4ccccc4cc3c2C1O. The van der Waals surface area contributed by atoms with Gasteiger partial charge in [0.15, 0.2) is 0 Å². The Morgan fingerprint density at radius 1 is 0.800 bits per heavy atom. The van der Waals surface area contributed by atoms with E-state index in [4.69, 9.17) is 0 Å². The van der Waals surface area contributed by atoms with E-state index < -0.39 is 12.2 Å². The molecule has 1 aliphatic carbocycles. The molecular weight excluding hydrogens is 248 g/mol. The second-order valence-electron chi connectivity index (χ2n) is 5.28. The summed E-state index contributed by atoms with van der Waals surface area (Å²) in [5.74, 6) is 0. The normalized spacial score (nSPS) is 21.3. The smallest absolute Gasteiger partial charge is 0.110 e. The van der Waals surface area contributed by atoms with Crippen LogP contribution in [0.25, 0.3) is 27.6 Å². The maximum Gasteiger partial charge on any atom is 0.110 e. The fraction of sp³-hybridized carbons (Fsp3) is 0.111.